The predicted octanol–water partition coefficient (Wildman–Crippen LogP) is 2.59. The van der Waals surface area contributed by atoms with E-state index in [1.807, 2.05) is 37.9 Å². The number of aromatic nitrogens is 1. The van der Waals surface area contributed by atoms with Gasteiger partial charge in [0.15, 0.2) is 5.67 Å². The fraction of sp³-hybridized carbons (Fsp3) is 0.667. The number of nitrogens with zero attached hydrogens (tertiary/aromatic N) is 3. The highest BCUT2D eigenvalue weighted by Crippen LogP contribution is 2.38. The van der Waals surface area contributed by atoms with Crippen molar-refractivity contribution < 1.29 is 18.7 Å². The molecule has 0 radical (unpaired) electrons. The van der Waals surface area contributed by atoms with Crippen LogP contribution in [0.1, 0.15) is 32.3 Å². The molecule has 2 aliphatic rings. The summed E-state index contributed by atoms with van der Waals surface area (Å²) in [7, 11) is 1.52. The van der Waals surface area contributed by atoms with E-state index in [0.717, 1.165) is 11.3 Å². The van der Waals surface area contributed by atoms with Gasteiger partial charge >= 0.3 is 6.09 Å². The van der Waals surface area contributed by atoms with Crippen molar-refractivity contribution in [2.45, 2.75) is 38.0 Å². The summed E-state index contributed by atoms with van der Waals surface area (Å²) in [5.41, 5.74) is 0.276. The van der Waals surface area contributed by atoms with Crippen molar-refractivity contribution in [3.05, 3.63) is 24.0 Å². The van der Waals surface area contributed by atoms with Gasteiger partial charge in [0.25, 0.3) is 0 Å². The Balaban J connectivity index is 1.61. The minimum absolute atomic E-state index is 0.111. The predicted molar refractivity (Wildman–Crippen MR) is 92.7 cm³/mol. The summed E-state index contributed by atoms with van der Waals surface area (Å²) in [5.74, 6) is 0.202. The van der Waals surface area contributed by atoms with E-state index in [4.69, 9.17) is 9.47 Å². The van der Waals surface area contributed by atoms with Crippen LogP contribution in [0.2, 0.25) is 0 Å². The maximum atomic E-state index is 14.3. The summed E-state index contributed by atoms with van der Waals surface area (Å²) in [6.45, 7) is 7.51. The quantitative estimate of drug-likeness (QED) is 0.835. The van der Waals surface area contributed by atoms with E-state index in [1.165, 1.54) is 7.11 Å². The molecule has 6 nitrogen and oxygen atoms in total. The van der Waals surface area contributed by atoms with E-state index in [2.05, 4.69) is 4.98 Å². The van der Waals surface area contributed by atoms with Gasteiger partial charge in [-0.1, -0.05) is 0 Å². The van der Waals surface area contributed by atoms with Crippen LogP contribution < -0.4 is 4.90 Å². The monoisotopic (exact) mass is 351 g/mol. The van der Waals surface area contributed by atoms with Crippen molar-refractivity contribution in [2.24, 2.45) is 0 Å². The second-order valence-corrected chi connectivity index (χ2v) is 7.96. The van der Waals surface area contributed by atoms with Crippen LogP contribution in [0.25, 0.3) is 0 Å². The number of hydrogen-bond donors (Lipinski definition) is 0. The molecule has 3 heterocycles. The van der Waals surface area contributed by atoms with Crippen LogP contribution in [0.5, 0.6) is 0 Å². The van der Waals surface area contributed by atoms with Crippen LogP contribution in [0.15, 0.2) is 18.5 Å². The zero-order valence-corrected chi connectivity index (χ0v) is 15.3. The maximum Gasteiger partial charge on any atom is 0.410 e. The van der Waals surface area contributed by atoms with Crippen molar-refractivity contribution >= 4 is 11.8 Å². The minimum Gasteiger partial charge on any atom is -0.444 e. The summed E-state index contributed by atoms with van der Waals surface area (Å²) in [4.78, 5) is 20.0. The third-order valence-electron chi connectivity index (χ3n) is 4.49. The number of ether oxygens (including phenoxy) is 2. The summed E-state index contributed by atoms with van der Waals surface area (Å²) in [6, 6.07) is 1.91. The lowest BCUT2D eigenvalue weighted by molar-refractivity contribution is 0.00794. The smallest absolute Gasteiger partial charge is 0.410 e. The van der Waals surface area contributed by atoms with Crippen molar-refractivity contribution in [1.82, 2.24) is 9.88 Å². The van der Waals surface area contributed by atoms with E-state index in [9.17, 15) is 9.18 Å². The van der Waals surface area contributed by atoms with Crippen molar-refractivity contribution in [1.29, 1.82) is 0 Å². The Hall–Kier alpha value is -1.89. The van der Waals surface area contributed by atoms with Crippen LogP contribution >= 0.6 is 0 Å². The normalized spacial score (nSPS) is 20.0. The summed E-state index contributed by atoms with van der Waals surface area (Å²) >= 11 is 0. The van der Waals surface area contributed by atoms with E-state index in [1.54, 1.807) is 11.1 Å². The fourth-order valence-electron chi connectivity index (χ4n) is 3.31. The molecule has 2 aliphatic heterocycles. The number of carbonyl (C=O) groups excluding carboxylic acids is 1. The minimum atomic E-state index is -1.28. The summed E-state index contributed by atoms with van der Waals surface area (Å²) in [6.07, 6.45) is 3.25. The zero-order valence-electron chi connectivity index (χ0n) is 15.3. The maximum absolute atomic E-state index is 14.3. The van der Waals surface area contributed by atoms with Gasteiger partial charge in [-0.25, -0.2) is 9.18 Å². The molecule has 0 bridgehead atoms. The Labute approximate surface area is 147 Å². The molecule has 1 amide bonds. The lowest BCUT2D eigenvalue weighted by atomic mass is 9.89. The molecule has 0 spiro atoms. The fourth-order valence-corrected chi connectivity index (χ4v) is 3.31. The average molecular weight is 351 g/mol. The van der Waals surface area contributed by atoms with Crippen molar-refractivity contribution in [2.75, 3.05) is 44.8 Å². The Morgan fingerprint density at radius 1 is 1.40 bits per heavy atom. The largest absolute Gasteiger partial charge is 0.444 e. The SMILES string of the molecule is COCC1(F)CN(c2ccncc2C2CN(C(=O)OC(C)(C)C)C2)C1. The highest BCUT2D eigenvalue weighted by molar-refractivity contribution is 5.70. The Bertz CT molecular complexity index is 635. The summed E-state index contributed by atoms with van der Waals surface area (Å²) < 4.78 is 24.7. The van der Waals surface area contributed by atoms with Gasteiger partial charge in [-0.2, -0.15) is 0 Å². The van der Waals surface area contributed by atoms with Gasteiger partial charge in [-0.3, -0.25) is 4.98 Å². The molecule has 2 fully saturated rings. The van der Waals surface area contributed by atoms with E-state index in [0.29, 0.717) is 26.2 Å². The first-order valence-corrected chi connectivity index (χ1v) is 8.55. The molecular weight excluding hydrogens is 325 g/mol. The molecule has 0 N–H and O–H groups in total. The first kappa shape index (κ1) is 17.9. The standard InChI is InChI=1S/C18H26FN3O3/c1-17(2,3)25-16(23)21-8-13(9-21)14-7-20-6-5-15(14)22-10-18(19,11-22)12-24-4/h5-7,13H,8-12H2,1-4H3. The van der Waals surface area contributed by atoms with Gasteiger partial charge in [-0.15, -0.1) is 0 Å². The number of carbonyl (C=O) groups is 1. The van der Waals surface area contributed by atoms with Crippen LogP contribution in [0, 0.1) is 0 Å². The molecular formula is C18H26FN3O3. The van der Waals surface area contributed by atoms with Crippen LogP contribution in [0.4, 0.5) is 14.9 Å². The molecule has 25 heavy (non-hydrogen) atoms. The molecule has 7 heteroatoms. The molecule has 0 aromatic carbocycles. The Morgan fingerprint density at radius 2 is 2.08 bits per heavy atom. The molecule has 0 unspecified atom stereocenters. The van der Waals surface area contributed by atoms with Crippen molar-refractivity contribution in [3.8, 4) is 0 Å². The van der Waals surface area contributed by atoms with E-state index < -0.39 is 11.3 Å². The van der Waals surface area contributed by atoms with E-state index >= 15 is 0 Å². The van der Waals surface area contributed by atoms with Gasteiger partial charge in [0.2, 0.25) is 0 Å². The number of rotatable bonds is 4. The number of alkyl halides is 1. The topological polar surface area (TPSA) is 54.9 Å². The molecule has 2 saturated heterocycles. The molecule has 1 aromatic rings. The third kappa shape index (κ3) is 3.86. The lowest BCUT2D eigenvalue weighted by Gasteiger charge is -2.47. The van der Waals surface area contributed by atoms with Crippen LogP contribution in [0.3, 0.4) is 0 Å². The number of halogens is 1. The molecule has 138 valence electrons. The van der Waals surface area contributed by atoms with Crippen LogP contribution in [-0.2, 0) is 9.47 Å². The molecule has 0 saturated carbocycles. The number of pyridine rings is 1. The highest BCUT2D eigenvalue weighted by atomic mass is 19.1. The van der Waals surface area contributed by atoms with Crippen molar-refractivity contribution in [3.63, 3.8) is 0 Å². The number of likely N-dealkylation sites (tertiary alicyclic amines) is 1. The average Bonchev–Trinajstić information content (AvgIpc) is 2.42. The zero-order chi connectivity index (χ0) is 18.2. The third-order valence-corrected chi connectivity index (χ3v) is 4.49. The van der Waals surface area contributed by atoms with Gasteiger partial charge in [0.05, 0.1) is 19.7 Å². The second kappa shape index (κ2) is 6.44. The number of hydrogen-bond acceptors (Lipinski definition) is 5. The van der Waals surface area contributed by atoms with Gasteiger partial charge < -0.3 is 19.3 Å². The first-order valence-electron chi connectivity index (χ1n) is 8.55. The lowest BCUT2D eigenvalue weighted by Crippen LogP contribution is -2.62. The Kier molecular flexibility index (Phi) is 4.62. The molecule has 0 atom stereocenters. The molecule has 3 rings (SSSR count). The number of amides is 1. The first-order chi connectivity index (χ1) is 11.7. The van der Waals surface area contributed by atoms with Gasteiger partial charge in [0, 0.05) is 49.8 Å². The second-order valence-electron chi connectivity index (χ2n) is 7.96. The van der Waals surface area contributed by atoms with Gasteiger partial charge in [-0.05, 0) is 26.8 Å². The molecule has 1 aromatic heterocycles. The number of anilines is 1. The van der Waals surface area contributed by atoms with Gasteiger partial charge in [0.1, 0.15) is 5.60 Å². The van der Waals surface area contributed by atoms with E-state index in [-0.39, 0.29) is 18.6 Å². The van der Waals surface area contributed by atoms with Crippen LogP contribution in [-0.4, -0.2) is 67.1 Å². The Morgan fingerprint density at radius 3 is 2.68 bits per heavy atom. The highest BCUT2D eigenvalue weighted by Gasteiger charge is 2.45. The number of methoxy groups -OCH3 is 1. The summed E-state index contributed by atoms with van der Waals surface area (Å²) in [5, 5.41) is 0. The molecule has 0 aliphatic carbocycles.